The number of aliphatic carboxylic acids is 1. The Labute approximate surface area is 182 Å². The molecular weight excluding hydrogens is 401 g/mol. The van der Waals surface area contributed by atoms with Gasteiger partial charge < -0.3 is 19.8 Å². The minimum Gasteiger partial charge on any atom is -0.493 e. The number of carbonyl (C=O) groups excluding carboxylic acids is 1. The van der Waals surface area contributed by atoms with Gasteiger partial charge >= 0.3 is 5.97 Å². The van der Waals surface area contributed by atoms with Crippen LogP contribution in [-0.2, 0) is 4.79 Å². The molecular formula is C24H32FNO5. The third kappa shape index (κ3) is 4.86. The van der Waals surface area contributed by atoms with Gasteiger partial charge in [-0.25, -0.2) is 9.18 Å². The van der Waals surface area contributed by atoms with Crippen LogP contribution < -0.4 is 4.74 Å². The summed E-state index contributed by atoms with van der Waals surface area (Å²) in [6.07, 6.45) is 6.94. The van der Waals surface area contributed by atoms with Crippen molar-refractivity contribution in [3.8, 4) is 5.75 Å². The van der Waals surface area contributed by atoms with Crippen LogP contribution in [0.2, 0.25) is 0 Å². The summed E-state index contributed by atoms with van der Waals surface area (Å²) in [5.74, 6) is -0.583. The first-order valence-electron chi connectivity index (χ1n) is 11.5. The number of benzene rings is 1. The maximum Gasteiger partial charge on any atom is 0.326 e. The Hall–Kier alpha value is -2.15. The van der Waals surface area contributed by atoms with E-state index in [9.17, 15) is 24.2 Å². The van der Waals surface area contributed by atoms with Crippen molar-refractivity contribution in [3.05, 3.63) is 29.1 Å². The van der Waals surface area contributed by atoms with Crippen molar-refractivity contribution >= 4 is 11.9 Å². The quantitative estimate of drug-likeness (QED) is 0.648. The normalized spacial score (nSPS) is 28.2. The first kappa shape index (κ1) is 22.1. The number of β-amino-alcohol motifs (C(OH)–C–C–N with tert-alkyl or cyclic N) is 1. The van der Waals surface area contributed by atoms with Gasteiger partial charge in [0.25, 0.3) is 5.91 Å². The van der Waals surface area contributed by atoms with Crippen LogP contribution in [0, 0.1) is 17.7 Å². The third-order valence-electron chi connectivity index (χ3n) is 6.99. The predicted octanol–water partition coefficient (Wildman–Crippen LogP) is 3.96. The molecule has 1 heterocycles. The van der Waals surface area contributed by atoms with Crippen molar-refractivity contribution in [2.75, 3.05) is 13.2 Å². The summed E-state index contributed by atoms with van der Waals surface area (Å²) in [5.41, 5.74) is 0.693. The molecule has 1 aromatic carbocycles. The highest BCUT2D eigenvalue weighted by Gasteiger charge is 2.40. The Kier molecular flexibility index (Phi) is 6.51. The zero-order valence-electron chi connectivity index (χ0n) is 18.1. The molecule has 170 valence electrons. The van der Waals surface area contributed by atoms with E-state index in [2.05, 4.69) is 6.92 Å². The van der Waals surface area contributed by atoms with Gasteiger partial charge in [0.2, 0.25) is 0 Å². The fraction of sp³-hybridized carbons (Fsp3) is 0.667. The minimum absolute atomic E-state index is 0.0419. The number of hydrogen-bond donors (Lipinski definition) is 2. The van der Waals surface area contributed by atoms with Crippen LogP contribution in [0.3, 0.4) is 0 Å². The van der Waals surface area contributed by atoms with E-state index in [0.717, 1.165) is 42.1 Å². The summed E-state index contributed by atoms with van der Waals surface area (Å²) in [4.78, 5) is 25.5. The van der Waals surface area contributed by atoms with Crippen molar-refractivity contribution in [3.63, 3.8) is 0 Å². The van der Waals surface area contributed by atoms with Gasteiger partial charge in [0.05, 0.1) is 18.3 Å². The Morgan fingerprint density at radius 1 is 1.16 bits per heavy atom. The lowest BCUT2D eigenvalue weighted by Gasteiger charge is -2.22. The number of ether oxygens (including phenoxy) is 1. The minimum atomic E-state index is -1.19. The highest BCUT2D eigenvalue weighted by Crippen LogP contribution is 2.46. The van der Waals surface area contributed by atoms with Gasteiger partial charge in [-0.1, -0.05) is 26.2 Å². The fourth-order valence-electron chi connectivity index (χ4n) is 5.21. The van der Waals surface area contributed by atoms with Crippen LogP contribution >= 0.6 is 0 Å². The molecule has 0 aromatic heterocycles. The molecule has 3 fully saturated rings. The second kappa shape index (κ2) is 9.15. The van der Waals surface area contributed by atoms with Crippen molar-refractivity contribution in [1.82, 2.24) is 4.90 Å². The molecule has 1 amide bonds. The molecule has 3 aliphatic rings. The summed E-state index contributed by atoms with van der Waals surface area (Å²) in [5, 5.41) is 19.2. The smallest absolute Gasteiger partial charge is 0.326 e. The second-order valence-electron chi connectivity index (χ2n) is 9.49. The molecule has 4 atom stereocenters. The second-order valence-corrected chi connectivity index (χ2v) is 9.49. The molecule has 31 heavy (non-hydrogen) atoms. The van der Waals surface area contributed by atoms with E-state index in [4.69, 9.17) is 4.74 Å². The Morgan fingerprint density at radius 3 is 2.58 bits per heavy atom. The van der Waals surface area contributed by atoms with E-state index in [-0.39, 0.29) is 24.4 Å². The summed E-state index contributed by atoms with van der Waals surface area (Å²) in [6, 6.07) is 1.70. The number of amides is 1. The molecule has 1 aliphatic heterocycles. The summed E-state index contributed by atoms with van der Waals surface area (Å²) >= 11 is 0. The van der Waals surface area contributed by atoms with Crippen LogP contribution in [0.15, 0.2) is 12.1 Å². The number of carbonyl (C=O) groups is 2. The molecule has 1 aromatic rings. The topological polar surface area (TPSA) is 87.1 Å². The lowest BCUT2D eigenvalue weighted by Crippen LogP contribution is -2.41. The average molecular weight is 434 g/mol. The van der Waals surface area contributed by atoms with Crippen LogP contribution in [0.5, 0.6) is 5.75 Å². The number of rotatable bonds is 8. The third-order valence-corrected chi connectivity index (χ3v) is 6.99. The van der Waals surface area contributed by atoms with E-state index in [0.29, 0.717) is 18.3 Å². The Bertz CT molecular complexity index is 840. The zero-order valence-corrected chi connectivity index (χ0v) is 18.1. The summed E-state index contributed by atoms with van der Waals surface area (Å²) in [7, 11) is 0. The molecule has 6 nitrogen and oxygen atoms in total. The van der Waals surface area contributed by atoms with Gasteiger partial charge in [-0.15, -0.1) is 0 Å². The van der Waals surface area contributed by atoms with Crippen LogP contribution in [-0.4, -0.2) is 52.3 Å². The molecule has 0 spiro atoms. The van der Waals surface area contributed by atoms with E-state index in [1.165, 1.54) is 25.3 Å². The van der Waals surface area contributed by atoms with Crippen LogP contribution in [0.1, 0.15) is 80.1 Å². The molecule has 0 bridgehead atoms. The summed E-state index contributed by atoms with van der Waals surface area (Å²) in [6.45, 7) is 2.66. The van der Waals surface area contributed by atoms with Crippen molar-refractivity contribution in [1.29, 1.82) is 0 Å². The molecule has 7 heteroatoms. The van der Waals surface area contributed by atoms with Crippen LogP contribution in [0.25, 0.3) is 0 Å². The molecule has 0 radical (unpaired) electrons. The number of likely N-dealkylation sites (tertiary alicyclic amines) is 1. The monoisotopic (exact) mass is 433 g/mol. The molecule has 2 saturated carbocycles. The van der Waals surface area contributed by atoms with E-state index < -0.39 is 29.8 Å². The molecule has 3 unspecified atom stereocenters. The first-order valence-corrected chi connectivity index (χ1v) is 11.5. The van der Waals surface area contributed by atoms with Crippen LogP contribution in [0.4, 0.5) is 4.39 Å². The fourth-order valence-corrected chi connectivity index (χ4v) is 5.21. The number of nitrogens with zero attached hydrogens (tertiary/aromatic N) is 1. The highest BCUT2D eigenvalue weighted by atomic mass is 19.1. The maximum atomic E-state index is 15.0. The SMILES string of the molecule is CCCC1CCC(COc2cc(F)c(C(=O)N3C[C@@H](O)CC3C(=O)O)cc2C2CC2)C1. The van der Waals surface area contributed by atoms with E-state index in [1.807, 2.05) is 0 Å². The molecule has 2 N–H and O–H groups in total. The average Bonchev–Trinajstić information content (AvgIpc) is 3.34. The Morgan fingerprint density at radius 2 is 1.90 bits per heavy atom. The number of aliphatic hydroxyl groups is 1. The molecule has 2 aliphatic carbocycles. The predicted molar refractivity (Wildman–Crippen MR) is 113 cm³/mol. The van der Waals surface area contributed by atoms with Gasteiger partial charge in [-0.2, -0.15) is 0 Å². The molecule has 4 rings (SSSR count). The van der Waals surface area contributed by atoms with Gasteiger partial charge in [0, 0.05) is 19.0 Å². The molecule has 1 saturated heterocycles. The first-order chi connectivity index (χ1) is 14.9. The van der Waals surface area contributed by atoms with Gasteiger partial charge in [0.15, 0.2) is 0 Å². The maximum absolute atomic E-state index is 15.0. The number of hydrogen-bond acceptors (Lipinski definition) is 4. The number of carboxylic acids is 1. The lowest BCUT2D eigenvalue weighted by atomic mass is 10.0. The largest absolute Gasteiger partial charge is 0.493 e. The summed E-state index contributed by atoms with van der Waals surface area (Å²) < 4.78 is 21.0. The Balaban J connectivity index is 1.50. The standard InChI is InChI=1S/C24H32FNO5/c1-2-3-14-4-5-15(8-14)13-31-22-11-20(25)19(10-18(22)16-6-7-16)23(28)26-12-17(27)9-21(26)24(29)30/h10-11,14-17,21,27H,2-9,12-13H2,1H3,(H,29,30)/t14?,15?,17-,21?/m0/s1. The zero-order chi connectivity index (χ0) is 22.1. The van der Waals surface area contributed by atoms with E-state index in [1.54, 1.807) is 6.07 Å². The van der Waals surface area contributed by atoms with E-state index >= 15 is 0 Å². The number of halogens is 1. The lowest BCUT2D eigenvalue weighted by molar-refractivity contribution is -0.141. The van der Waals surface area contributed by atoms with Crippen molar-refractivity contribution in [2.45, 2.75) is 76.4 Å². The number of carboxylic acid groups (broad SMARTS) is 1. The van der Waals surface area contributed by atoms with Gasteiger partial charge in [-0.05, 0) is 55.1 Å². The van der Waals surface area contributed by atoms with Gasteiger partial charge in [0.1, 0.15) is 17.6 Å². The number of aliphatic hydroxyl groups excluding tert-OH is 1. The van der Waals surface area contributed by atoms with Crippen molar-refractivity contribution in [2.24, 2.45) is 11.8 Å². The van der Waals surface area contributed by atoms with Crippen molar-refractivity contribution < 1.29 is 28.9 Å². The highest BCUT2D eigenvalue weighted by molar-refractivity contribution is 5.97. The van der Waals surface area contributed by atoms with Gasteiger partial charge in [-0.3, -0.25) is 4.79 Å².